The van der Waals surface area contributed by atoms with E-state index in [1.165, 1.54) is 7.11 Å². The lowest BCUT2D eigenvalue weighted by Crippen LogP contribution is -2.57. The monoisotopic (exact) mass is 456 g/mol. The van der Waals surface area contributed by atoms with E-state index in [0.717, 1.165) is 11.1 Å². The van der Waals surface area contributed by atoms with Gasteiger partial charge in [-0.1, -0.05) is 60.1 Å². The Labute approximate surface area is 194 Å². The SMILES string of the molecule is COC(=O)C(c1ccccc1Cl)N1CCN(C(=O)C2(c3ccccc3)CCOCC2)CC1. The molecule has 0 bridgehead atoms. The summed E-state index contributed by atoms with van der Waals surface area (Å²) in [5.41, 5.74) is 1.23. The Morgan fingerprint density at radius 1 is 0.969 bits per heavy atom. The van der Waals surface area contributed by atoms with Gasteiger partial charge in [-0.15, -0.1) is 0 Å². The van der Waals surface area contributed by atoms with Gasteiger partial charge < -0.3 is 14.4 Å². The molecule has 7 heteroatoms. The molecule has 2 aliphatic rings. The van der Waals surface area contributed by atoms with Gasteiger partial charge in [0, 0.05) is 44.4 Å². The molecule has 32 heavy (non-hydrogen) atoms. The second-order valence-corrected chi connectivity index (χ2v) is 8.74. The molecule has 1 amide bonds. The van der Waals surface area contributed by atoms with Crippen LogP contribution in [0, 0.1) is 0 Å². The molecular formula is C25H29ClN2O4. The van der Waals surface area contributed by atoms with Gasteiger partial charge in [-0.05, 0) is 30.0 Å². The molecule has 6 nitrogen and oxygen atoms in total. The zero-order chi connectivity index (χ0) is 22.6. The van der Waals surface area contributed by atoms with E-state index in [0.29, 0.717) is 57.3 Å². The maximum Gasteiger partial charge on any atom is 0.327 e. The highest BCUT2D eigenvalue weighted by atomic mass is 35.5. The fourth-order valence-electron chi connectivity index (χ4n) is 4.87. The highest BCUT2D eigenvalue weighted by Crippen LogP contribution is 2.37. The van der Waals surface area contributed by atoms with Gasteiger partial charge in [-0.3, -0.25) is 9.69 Å². The molecule has 2 aliphatic heterocycles. The molecule has 1 unspecified atom stereocenters. The van der Waals surface area contributed by atoms with Crippen molar-refractivity contribution in [2.45, 2.75) is 24.3 Å². The molecule has 2 heterocycles. The van der Waals surface area contributed by atoms with E-state index in [9.17, 15) is 9.59 Å². The largest absolute Gasteiger partial charge is 0.468 e. The van der Waals surface area contributed by atoms with Crippen LogP contribution in [-0.4, -0.2) is 68.2 Å². The maximum atomic E-state index is 13.8. The third-order valence-electron chi connectivity index (χ3n) is 6.67. The van der Waals surface area contributed by atoms with Crippen LogP contribution in [0.25, 0.3) is 0 Å². The smallest absolute Gasteiger partial charge is 0.327 e. The van der Waals surface area contributed by atoms with E-state index in [2.05, 4.69) is 4.90 Å². The number of hydrogen-bond acceptors (Lipinski definition) is 5. The molecule has 0 aromatic heterocycles. The number of carbonyl (C=O) groups is 2. The molecule has 2 aromatic rings. The average molecular weight is 457 g/mol. The number of benzene rings is 2. The summed E-state index contributed by atoms with van der Waals surface area (Å²) in [6, 6.07) is 16.8. The van der Waals surface area contributed by atoms with Gasteiger partial charge in [0.1, 0.15) is 6.04 Å². The number of hydrogen-bond donors (Lipinski definition) is 0. The van der Waals surface area contributed by atoms with Gasteiger partial charge in [0.25, 0.3) is 0 Å². The van der Waals surface area contributed by atoms with Crippen molar-refractivity contribution < 1.29 is 19.1 Å². The van der Waals surface area contributed by atoms with Gasteiger partial charge in [0.2, 0.25) is 5.91 Å². The second-order valence-electron chi connectivity index (χ2n) is 8.34. The standard InChI is InChI=1S/C25H29ClN2O4/c1-31-23(29)22(20-9-5-6-10-21(20)26)27-13-15-28(16-14-27)24(30)25(11-17-32-18-12-25)19-7-3-2-4-8-19/h2-10,22H,11-18H2,1H3. The Morgan fingerprint density at radius 3 is 2.22 bits per heavy atom. The molecule has 0 N–H and O–H groups in total. The zero-order valence-electron chi connectivity index (χ0n) is 18.3. The fraction of sp³-hybridized carbons (Fsp3) is 0.440. The van der Waals surface area contributed by atoms with Crippen LogP contribution in [0.15, 0.2) is 54.6 Å². The Hall–Kier alpha value is -2.41. The van der Waals surface area contributed by atoms with Crippen LogP contribution >= 0.6 is 11.6 Å². The highest BCUT2D eigenvalue weighted by molar-refractivity contribution is 6.31. The molecule has 0 radical (unpaired) electrons. The summed E-state index contributed by atoms with van der Waals surface area (Å²) in [4.78, 5) is 30.4. The van der Waals surface area contributed by atoms with Crippen molar-refractivity contribution in [2.24, 2.45) is 0 Å². The molecule has 4 rings (SSSR count). The molecule has 2 fully saturated rings. The van der Waals surface area contributed by atoms with Gasteiger partial charge in [0.15, 0.2) is 0 Å². The van der Waals surface area contributed by atoms with Crippen molar-refractivity contribution in [3.8, 4) is 0 Å². The lowest BCUT2D eigenvalue weighted by Gasteiger charge is -2.44. The Kier molecular flexibility index (Phi) is 7.13. The number of esters is 1. The predicted molar refractivity (Wildman–Crippen MR) is 123 cm³/mol. The lowest BCUT2D eigenvalue weighted by atomic mass is 9.73. The lowest BCUT2D eigenvalue weighted by molar-refractivity contribution is -0.150. The number of carbonyl (C=O) groups excluding carboxylic acids is 2. The number of methoxy groups -OCH3 is 1. The quantitative estimate of drug-likeness (QED) is 0.645. The Morgan fingerprint density at radius 2 is 1.59 bits per heavy atom. The minimum absolute atomic E-state index is 0.152. The Balaban J connectivity index is 1.52. The first kappa shape index (κ1) is 22.8. The first-order chi connectivity index (χ1) is 15.6. The first-order valence-corrected chi connectivity index (χ1v) is 11.4. The number of ether oxygens (including phenoxy) is 2. The van der Waals surface area contributed by atoms with Crippen molar-refractivity contribution in [1.29, 1.82) is 0 Å². The normalized spacial score (nSPS) is 19.9. The van der Waals surface area contributed by atoms with Crippen molar-refractivity contribution in [2.75, 3.05) is 46.5 Å². The van der Waals surface area contributed by atoms with E-state index in [4.69, 9.17) is 21.1 Å². The molecule has 0 saturated carbocycles. The summed E-state index contributed by atoms with van der Waals surface area (Å²) < 4.78 is 10.7. The van der Waals surface area contributed by atoms with Crippen LogP contribution < -0.4 is 0 Å². The molecule has 170 valence electrons. The van der Waals surface area contributed by atoms with Crippen molar-refractivity contribution >= 4 is 23.5 Å². The van der Waals surface area contributed by atoms with Crippen LogP contribution in [0.2, 0.25) is 5.02 Å². The minimum atomic E-state index is -0.586. The average Bonchev–Trinajstić information content (AvgIpc) is 2.86. The van der Waals surface area contributed by atoms with Crippen LogP contribution in [-0.2, 0) is 24.5 Å². The maximum absolute atomic E-state index is 13.8. The van der Waals surface area contributed by atoms with E-state index in [1.807, 2.05) is 53.4 Å². The zero-order valence-corrected chi connectivity index (χ0v) is 19.1. The number of nitrogens with zero attached hydrogens (tertiary/aromatic N) is 2. The molecule has 0 aliphatic carbocycles. The number of halogens is 1. The third kappa shape index (κ3) is 4.40. The van der Waals surface area contributed by atoms with Crippen molar-refractivity contribution in [3.05, 3.63) is 70.7 Å². The van der Waals surface area contributed by atoms with E-state index >= 15 is 0 Å². The second kappa shape index (κ2) is 10.0. The summed E-state index contributed by atoms with van der Waals surface area (Å²) in [7, 11) is 1.39. The van der Waals surface area contributed by atoms with Gasteiger partial charge in [0.05, 0.1) is 12.5 Å². The van der Waals surface area contributed by atoms with Gasteiger partial charge in [-0.25, -0.2) is 4.79 Å². The van der Waals surface area contributed by atoms with Crippen LogP contribution in [0.5, 0.6) is 0 Å². The molecule has 2 saturated heterocycles. The fourth-order valence-corrected chi connectivity index (χ4v) is 5.11. The summed E-state index contributed by atoms with van der Waals surface area (Å²) in [5, 5.41) is 0.534. The number of amides is 1. The third-order valence-corrected chi connectivity index (χ3v) is 7.02. The summed E-state index contributed by atoms with van der Waals surface area (Å²) in [5.74, 6) is -0.193. The van der Waals surface area contributed by atoms with Crippen LogP contribution in [0.1, 0.15) is 30.0 Å². The minimum Gasteiger partial charge on any atom is -0.468 e. The predicted octanol–water partition coefficient (Wildman–Crippen LogP) is 3.45. The van der Waals surface area contributed by atoms with Crippen LogP contribution in [0.4, 0.5) is 0 Å². The van der Waals surface area contributed by atoms with Crippen molar-refractivity contribution in [1.82, 2.24) is 9.80 Å². The molecule has 0 spiro atoms. The summed E-state index contributed by atoms with van der Waals surface area (Å²) in [6.45, 7) is 3.39. The van der Waals surface area contributed by atoms with Crippen molar-refractivity contribution in [3.63, 3.8) is 0 Å². The molecule has 2 aromatic carbocycles. The van der Waals surface area contributed by atoms with E-state index in [1.54, 1.807) is 6.07 Å². The molecular weight excluding hydrogens is 428 g/mol. The molecule has 1 atom stereocenters. The summed E-state index contributed by atoms with van der Waals surface area (Å²) >= 11 is 6.40. The van der Waals surface area contributed by atoms with Crippen LogP contribution in [0.3, 0.4) is 0 Å². The summed E-state index contributed by atoms with van der Waals surface area (Å²) in [6.07, 6.45) is 1.36. The topological polar surface area (TPSA) is 59.1 Å². The highest BCUT2D eigenvalue weighted by Gasteiger charge is 2.45. The first-order valence-electron chi connectivity index (χ1n) is 11.1. The van der Waals surface area contributed by atoms with E-state index in [-0.39, 0.29) is 11.9 Å². The van der Waals surface area contributed by atoms with Gasteiger partial charge in [-0.2, -0.15) is 0 Å². The Bertz CT molecular complexity index is 938. The van der Waals surface area contributed by atoms with E-state index < -0.39 is 11.5 Å². The number of rotatable bonds is 5. The van der Waals surface area contributed by atoms with Gasteiger partial charge >= 0.3 is 5.97 Å². The number of piperazine rings is 1.